The van der Waals surface area contributed by atoms with Crippen LogP contribution in [0.1, 0.15) is 27.0 Å². The number of rotatable bonds is 7. The molecule has 3 heteroatoms. The molecule has 3 nitrogen and oxygen atoms in total. The van der Waals surface area contributed by atoms with Crippen LogP contribution < -0.4 is 9.47 Å². The Hall–Kier alpha value is -3.07. The average molecular weight is 332 g/mol. The second-order valence-electron chi connectivity index (χ2n) is 5.87. The van der Waals surface area contributed by atoms with E-state index in [-0.39, 0.29) is 0 Å². The Balaban J connectivity index is 1.73. The molecule has 0 fully saturated rings. The van der Waals surface area contributed by atoms with Crippen molar-refractivity contribution < 1.29 is 14.3 Å². The van der Waals surface area contributed by atoms with E-state index in [1.165, 1.54) is 5.56 Å². The molecular weight excluding hydrogens is 312 g/mol. The number of hydrogen-bond donors (Lipinski definition) is 0. The lowest BCUT2D eigenvalue weighted by atomic mass is 10.2. The molecule has 0 amide bonds. The van der Waals surface area contributed by atoms with Gasteiger partial charge in [0.15, 0.2) is 11.5 Å². The van der Waals surface area contributed by atoms with Crippen LogP contribution in [-0.2, 0) is 13.2 Å². The van der Waals surface area contributed by atoms with E-state index >= 15 is 0 Å². The van der Waals surface area contributed by atoms with Gasteiger partial charge in [0.2, 0.25) is 0 Å². The van der Waals surface area contributed by atoms with Crippen molar-refractivity contribution in [3.05, 3.63) is 95.1 Å². The van der Waals surface area contributed by atoms with Gasteiger partial charge in [-0.3, -0.25) is 4.79 Å². The molecule has 25 heavy (non-hydrogen) atoms. The highest BCUT2D eigenvalue weighted by Gasteiger charge is 2.08. The normalized spacial score (nSPS) is 10.3. The van der Waals surface area contributed by atoms with E-state index in [4.69, 9.17) is 9.47 Å². The number of aldehydes is 1. The molecule has 0 atom stereocenters. The quantitative estimate of drug-likeness (QED) is 0.573. The Bertz CT molecular complexity index is 824. The van der Waals surface area contributed by atoms with E-state index in [1.54, 1.807) is 18.2 Å². The lowest BCUT2D eigenvalue weighted by molar-refractivity contribution is 0.112. The molecule has 0 N–H and O–H groups in total. The molecule has 3 aromatic carbocycles. The number of aryl methyl sites for hydroxylation is 1. The summed E-state index contributed by atoms with van der Waals surface area (Å²) in [5.74, 6) is 1.20. The largest absolute Gasteiger partial charge is 0.485 e. The van der Waals surface area contributed by atoms with E-state index in [9.17, 15) is 4.79 Å². The van der Waals surface area contributed by atoms with Gasteiger partial charge in [-0.15, -0.1) is 0 Å². The fourth-order valence-corrected chi connectivity index (χ4v) is 2.41. The van der Waals surface area contributed by atoms with Crippen LogP contribution in [0.2, 0.25) is 0 Å². The summed E-state index contributed by atoms with van der Waals surface area (Å²) < 4.78 is 11.8. The number of hydrogen-bond acceptors (Lipinski definition) is 3. The van der Waals surface area contributed by atoms with Gasteiger partial charge < -0.3 is 9.47 Å². The first-order valence-electron chi connectivity index (χ1n) is 8.19. The lowest BCUT2D eigenvalue weighted by Crippen LogP contribution is -2.01. The van der Waals surface area contributed by atoms with Crippen LogP contribution in [0.5, 0.6) is 11.5 Å². The van der Waals surface area contributed by atoms with Gasteiger partial charge in [-0.2, -0.15) is 0 Å². The van der Waals surface area contributed by atoms with Gasteiger partial charge >= 0.3 is 0 Å². The van der Waals surface area contributed by atoms with Crippen molar-refractivity contribution >= 4 is 6.29 Å². The summed E-state index contributed by atoms with van der Waals surface area (Å²) in [6.07, 6.45) is 0.805. The van der Waals surface area contributed by atoms with E-state index in [1.807, 2.05) is 42.5 Å². The predicted octanol–water partition coefficient (Wildman–Crippen LogP) is 4.97. The van der Waals surface area contributed by atoms with Crippen molar-refractivity contribution in [2.75, 3.05) is 0 Å². The van der Waals surface area contributed by atoms with Gasteiger partial charge in [-0.1, -0.05) is 60.2 Å². The first-order valence-corrected chi connectivity index (χ1v) is 8.19. The molecule has 0 unspecified atom stereocenters. The Morgan fingerprint density at radius 3 is 2.08 bits per heavy atom. The molecular formula is C22H20O3. The maximum absolute atomic E-state index is 11.1. The van der Waals surface area contributed by atoms with Crippen LogP contribution in [0.25, 0.3) is 0 Å². The Morgan fingerprint density at radius 1 is 0.760 bits per heavy atom. The molecule has 0 aliphatic rings. The van der Waals surface area contributed by atoms with Crippen LogP contribution in [-0.4, -0.2) is 6.29 Å². The van der Waals surface area contributed by atoms with Gasteiger partial charge in [0.25, 0.3) is 0 Å². The van der Waals surface area contributed by atoms with Crippen LogP contribution in [0.15, 0.2) is 72.8 Å². The van der Waals surface area contributed by atoms with Crippen molar-refractivity contribution in [3.63, 3.8) is 0 Å². The predicted molar refractivity (Wildman–Crippen MR) is 98.1 cm³/mol. The number of carbonyl (C=O) groups is 1. The lowest BCUT2D eigenvalue weighted by Gasteiger charge is -2.13. The van der Waals surface area contributed by atoms with E-state index in [2.05, 4.69) is 19.1 Å². The minimum Gasteiger partial charge on any atom is -0.485 e. The Morgan fingerprint density at radius 2 is 1.40 bits per heavy atom. The molecule has 0 spiro atoms. The molecule has 0 saturated heterocycles. The summed E-state index contributed by atoms with van der Waals surface area (Å²) in [6.45, 7) is 2.92. The summed E-state index contributed by atoms with van der Waals surface area (Å²) in [7, 11) is 0. The maximum atomic E-state index is 11.1. The first-order chi connectivity index (χ1) is 12.2. The molecule has 0 bridgehead atoms. The summed E-state index contributed by atoms with van der Waals surface area (Å²) in [5.41, 5.74) is 3.92. The Labute approximate surface area is 147 Å². The van der Waals surface area contributed by atoms with Crippen molar-refractivity contribution in [2.24, 2.45) is 0 Å². The van der Waals surface area contributed by atoms with Gasteiger partial charge in [0.05, 0.1) is 0 Å². The third-order valence-electron chi connectivity index (χ3n) is 3.86. The maximum Gasteiger partial charge on any atom is 0.162 e. The average Bonchev–Trinajstić information content (AvgIpc) is 2.67. The van der Waals surface area contributed by atoms with Crippen molar-refractivity contribution in [3.8, 4) is 11.5 Å². The van der Waals surface area contributed by atoms with E-state index in [0.29, 0.717) is 30.3 Å². The van der Waals surface area contributed by atoms with Crippen LogP contribution in [0, 0.1) is 6.92 Å². The third-order valence-corrected chi connectivity index (χ3v) is 3.86. The monoisotopic (exact) mass is 332 g/mol. The second-order valence-corrected chi connectivity index (χ2v) is 5.87. The molecule has 0 heterocycles. The minimum atomic E-state index is 0.421. The van der Waals surface area contributed by atoms with Crippen molar-refractivity contribution in [1.29, 1.82) is 0 Å². The molecule has 126 valence electrons. The highest BCUT2D eigenvalue weighted by Crippen LogP contribution is 2.29. The molecule has 0 aromatic heterocycles. The number of ether oxygens (including phenoxy) is 2. The molecule has 3 rings (SSSR count). The van der Waals surface area contributed by atoms with E-state index < -0.39 is 0 Å². The van der Waals surface area contributed by atoms with Gasteiger partial charge in [0.1, 0.15) is 19.5 Å². The molecule has 0 radical (unpaired) electrons. The number of benzene rings is 3. The first kappa shape index (κ1) is 16.8. The fourth-order valence-electron chi connectivity index (χ4n) is 2.41. The Kier molecular flexibility index (Phi) is 5.47. The van der Waals surface area contributed by atoms with Gasteiger partial charge in [0, 0.05) is 5.56 Å². The van der Waals surface area contributed by atoms with E-state index in [0.717, 1.165) is 17.4 Å². The molecule has 0 aliphatic carbocycles. The highest BCUT2D eigenvalue weighted by atomic mass is 16.5. The second kappa shape index (κ2) is 8.15. The summed E-state index contributed by atoms with van der Waals surface area (Å²) in [5, 5.41) is 0. The topological polar surface area (TPSA) is 35.5 Å². The highest BCUT2D eigenvalue weighted by molar-refractivity contribution is 5.76. The van der Waals surface area contributed by atoms with Crippen LogP contribution in [0.4, 0.5) is 0 Å². The summed E-state index contributed by atoms with van der Waals surface area (Å²) in [6, 6.07) is 23.3. The smallest absolute Gasteiger partial charge is 0.162 e. The van der Waals surface area contributed by atoms with Gasteiger partial charge in [-0.25, -0.2) is 0 Å². The molecule has 0 aliphatic heterocycles. The minimum absolute atomic E-state index is 0.421. The van der Waals surface area contributed by atoms with Gasteiger partial charge in [-0.05, 0) is 36.2 Å². The third kappa shape index (κ3) is 4.70. The SMILES string of the molecule is Cc1ccc(COc2ccc(C=O)cc2OCc2ccccc2)cc1. The molecule has 3 aromatic rings. The van der Waals surface area contributed by atoms with Crippen LogP contribution >= 0.6 is 0 Å². The van der Waals surface area contributed by atoms with Crippen molar-refractivity contribution in [1.82, 2.24) is 0 Å². The zero-order valence-corrected chi connectivity index (χ0v) is 14.1. The summed E-state index contributed by atoms with van der Waals surface area (Å²) in [4.78, 5) is 11.1. The fraction of sp³-hybridized carbons (Fsp3) is 0.136. The molecule has 0 saturated carbocycles. The zero-order chi connectivity index (χ0) is 17.5. The van der Waals surface area contributed by atoms with Crippen LogP contribution in [0.3, 0.4) is 0 Å². The van der Waals surface area contributed by atoms with Crippen molar-refractivity contribution in [2.45, 2.75) is 20.1 Å². The summed E-state index contributed by atoms with van der Waals surface area (Å²) >= 11 is 0. The standard InChI is InChI=1S/C22H20O3/c1-17-7-9-19(10-8-17)16-24-21-12-11-20(14-23)13-22(21)25-15-18-5-3-2-4-6-18/h2-14H,15-16H2,1H3. The number of carbonyl (C=O) groups excluding carboxylic acids is 1. The zero-order valence-electron chi connectivity index (χ0n) is 14.1.